The van der Waals surface area contributed by atoms with Crippen molar-refractivity contribution in [3.05, 3.63) is 77.6 Å². The fourth-order valence-corrected chi connectivity index (χ4v) is 3.98. The predicted octanol–water partition coefficient (Wildman–Crippen LogP) is 4.52. The number of aromatic nitrogens is 1. The summed E-state index contributed by atoms with van der Waals surface area (Å²) in [6.07, 6.45) is 3.79. The number of carbonyl (C=O) groups excluding carboxylic acids is 2. The molecule has 0 saturated heterocycles. The molecule has 150 valence electrons. The van der Waals surface area contributed by atoms with E-state index in [1.165, 1.54) is 0 Å². The van der Waals surface area contributed by atoms with Crippen LogP contribution in [0.3, 0.4) is 0 Å². The van der Waals surface area contributed by atoms with Crippen molar-refractivity contribution >= 4 is 11.6 Å². The minimum atomic E-state index is -0.427. The van der Waals surface area contributed by atoms with Gasteiger partial charge in [0.2, 0.25) is 6.79 Å². The lowest BCUT2D eigenvalue weighted by Crippen LogP contribution is -2.22. The molecule has 0 unspecified atom stereocenters. The summed E-state index contributed by atoms with van der Waals surface area (Å²) in [6.45, 7) is 1.78. The molecule has 1 saturated carbocycles. The second kappa shape index (κ2) is 7.10. The molecule has 0 atom stereocenters. The normalized spacial score (nSPS) is 15.6. The highest BCUT2D eigenvalue weighted by Gasteiger charge is 2.50. The van der Waals surface area contributed by atoms with E-state index < -0.39 is 5.41 Å². The first kappa shape index (κ1) is 18.6. The highest BCUT2D eigenvalue weighted by Crippen LogP contribution is 2.51. The minimum Gasteiger partial charge on any atom is -0.454 e. The van der Waals surface area contributed by atoms with Gasteiger partial charge in [0.1, 0.15) is 5.78 Å². The number of nitrogens with zero attached hydrogens (tertiary/aromatic N) is 1. The van der Waals surface area contributed by atoms with E-state index in [4.69, 9.17) is 9.47 Å². The van der Waals surface area contributed by atoms with E-state index in [0.717, 1.165) is 41.0 Å². The minimum absolute atomic E-state index is 0.0463. The average molecular weight is 399 g/mol. The molecule has 1 aromatic heterocycles. The van der Waals surface area contributed by atoms with Crippen molar-refractivity contribution < 1.29 is 19.1 Å². The first-order valence-electron chi connectivity index (χ1n) is 10.0. The van der Waals surface area contributed by atoms with E-state index in [-0.39, 0.29) is 18.4 Å². The van der Waals surface area contributed by atoms with Crippen LogP contribution in [0.1, 0.15) is 41.4 Å². The highest BCUT2D eigenvalue weighted by atomic mass is 16.7. The molecule has 0 spiro atoms. The standard InChI is InChI=1S/C25H21NO4/c1-16(27)17-2-4-18(5-3-17)19-6-8-21(26-14-19)13-24(28)25(10-11-25)20-7-9-22-23(12-20)30-15-29-22/h2-9,12,14H,10-11,13,15H2,1H3. The summed E-state index contributed by atoms with van der Waals surface area (Å²) in [4.78, 5) is 29.0. The van der Waals surface area contributed by atoms with Crippen molar-refractivity contribution in [1.29, 1.82) is 0 Å². The van der Waals surface area contributed by atoms with Crippen LogP contribution in [-0.4, -0.2) is 23.3 Å². The first-order valence-corrected chi connectivity index (χ1v) is 10.0. The van der Waals surface area contributed by atoms with Crippen LogP contribution in [0.25, 0.3) is 11.1 Å². The largest absolute Gasteiger partial charge is 0.454 e. The van der Waals surface area contributed by atoms with Crippen molar-refractivity contribution in [2.75, 3.05) is 6.79 Å². The zero-order chi connectivity index (χ0) is 20.7. The van der Waals surface area contributed by atoms with Crippen LogP contribution in [-0.2, 0) is 16.6 Å². The summed E-state index contributed by atoms with van der Waals surface area (Å²) in [5.41, 5.74) is 3.97. The molecule has 1 aliphatic carbocycles. The maximum Gasteiger partial charge on any atom is 0.231 e. The molecule has 0 amide bonds. The summed E-state index contributed by atoms with van der Waals surface area (Å²) in [5, 5.41) is 0. The number of rotatable bonds is 6. The zero-order valence-electron chi connectivity index (χ0n) is 16.7. The van der Waals surface area contributed by atoms with E-state index in [9.17, 15) is 9.59 Å². The monoisotopic (exact) mass is 399 g/mol. The lowest BCUT2D eigenvalue weighted by Gasteiger charge is -2.15. The summed E-state index contributed by atoms with van der Waals surface area (Å²) in [7, 11) is 0. The third kappa shape index (κ3) is 3.26. The van der Waals surface area contributed by atoms with E-state index >= 15 is 0 Å². The van der Waals surface area contributed by atoms with Crippen LogP contribution in [0.4, 0.5) is 0 Å². The van der Waals surface area contributed by atoms with Gasteiger partial charge < -0.3 is 9.47 Å². The topological polar surface area (TPSA) is 65.5 Å². The van der Waals surface area contributed by atoms with E-state index in [1.54, 1.807) is 13.1 Å². The maximum absolute atomic E-state index is 13.1. The summed E-state index contributed by atoms with van der Waals surface area (Å²) >= 11 is 0. The van der Waals surface area contributed by atoms with Crippen LogP contribution < -0.4 is 9.47 Å². The lowest BCUT2D eigenvalue weighted by atomic mass is 9.88. The Morgan fingerprint density at radius 3 is 2.33 bits per heavy atom. The second-order valence-electron chi connectivity index (χ2n) is 7.92. The number of ketones is 2. The molecule has 3 aromatic rings. The van der Waals surface area contributed by atoms with Gasteiger partial charge in [-0.05, 0) is 49.1 Å². The first-order chi connectivity index (χ1) is 14.5. The van der Waals surface area contributed by atoms with Gasteiger partial charge in [-0.1, -0.05) is 36.4 Å². The van der Waals surface area contributed by atoms with Gasteiger partial charge in [-0.25, -0.2) is 0 Å². The third-order valence-corrected chi connectivity index (χ3v) is 6.00. The number of Topliss-reactive ketones (excluding diaryl/α,β-unsaturated/α-hetero) is 2. The Kier molecular flexibility index (Phi) is 4.39. The van der Waals surface area contributed by atoms with Crippen LogP contribution in [0.2, 0.25) is 0 Å². The second-order valence-corrected chi connectivity index (χ2v) is 7.92. The van der Waals surface area contributed by atoms with Gasteiger partial charge in [0.25, 0.3) is 0 Å². The van der Waals surface area contributed by atoms with Gasteiger partial charge in [0, 0.05) is 29.4 Å². The quantitative estimate of drug-likeness (QED) is 0.570. The van der Waals surface area contributed by atoms with Crippen molar-refractivity contribution in [2.24, 2.45) is 0 Å². The fraction of sp³-hybridized carbons (Fsp3) is 0.240. The van der Waals surface area contributed by atoms with E-state index in [0.29, 0.717) is 17.7 Å². The molecule has 1 aliphatic heterocycles. The Labute approximate surface area is 174 Å². The van der Waals surface area contributed by atoms with Crippen molar-refractivity contribution in [3.8, 4) is 22.6 Å². The van der Waals surface area contributed by atoms with Crippen molar-refractivity contribution in [2.45, 2.75) is 31.6 Å². The number of fused-ring (bicyclic) bond motifs is 1. The zero-order valence-corrected chi connectivity index (χ0v) is 16.7. The summed E-state index contributed by atoms with van der Waals surface area (Å²) in [6, 6.07) is 17.1. The Bertz CT molecular complexity index is 1130. The predicted molar refractivity (Wildman–Crippen MR) is 112 cm³/mol. The molecule has 5 rings (SSSR count). The average Bonchev–Trinajstić information content (AvgIpc) is 3.45. The Morgan fingerprint density at radius 1 is 0.933 bits per heavy atom. The van der Waals surface area contributed by atoms with Crippen LogP contribution in [0.5, 0.6) is 11.5 Å². The molecule has 5 nitrogen and oxygen atoms in total. The van der Waals surface area contributed by atoms with Gasteiger partial charge in [0.15, 0.2) is 17.3 Å². The van der Waals surface area contributed by atoms with Crippen molar-refractivity contribution in [3.63, 3.8) is 0 Å². The molecule has 1 fully saturated rings. The Balaban J connectivity index is 1.31. The van der Waals surface area contributed by atoms with Gasteiger partial charge >= 0.3 is 0 Å². The van der Waals surface area contributed by atoms with Gasteiger partial charge in [-0.2, -0.15) is 0 Å². The van der Waals surface area contributed by atoms with Crippen molar-refractivity contribution in [1.82, 2.24) is 4.98 Å². The Morgan fingerprint density at radius 2 is 1.67 bits per heavy atom. The molecular formula is C25H21NO4. The maximum atomic E-state index is 13.1. The van der Waals surface area contributed by atoms with Gasteiger partial charge in [-0.15, -0.1) is 0 Å². The molecule has 0 bridgehead atoms. The van der Waals surface area contributed by atoms with Gasteiger partial charge in [0.05, 0.1) is 5.41 Å². The number of hydrogen-bond donors (Lipinski definition) is 0. The molecule has 0 N–H and O–H groups in total. The molecule has 2 aromatic carbocycles. The number of pyridine rings is 1. The number of benzene rings is 2. The van der Waals surface area contributed by atoms with Crippen LogP contribution >= 0.6 is 0 Å². The number of carbonyl (C=O) groups is 2. The molecule has 5 heteroatoms. The molecule has 2 aliphatic rings. The van der Waals surface area contributed by atoms with E-state index in [1.807, 2.05) is 54.6 Å². The summed E-state index contributed by atoms with van der Waals surface area (Å²) in [5.74, 6) is 1.68. The van der Waals surface area contributed by atoms with Gasteiger partial charge in [-0.3, -0.25) is 14.6 Å². The summed E-state index contributed by atoms with van der Waals surface area (Å²) < 4.78 is 10.8. The highest BCUT2D eigenvalue weighted by molar-refractivity contribution is 5.95. The number of hydrogen-bond acceptors (Lipinski definition) is 5. The van der Waals surface area contributed by atoms with E-state index in [2.05, 4.69) is 4.98 Å². The SMILES string of the molecule is CC(=O)c1ccc(-c2ccc(CC(=O)C3(c4ccc5c(c4)OCO5)CC3)nc2)cc1. The third-order valence-electron chi connectivity index (χ3n) is 6.00. The Hall–Kier alpha value is -3.47. The molecular weight excluding hydrogens is 378 g/mol. The number of ether oxygens (including phenoxy) is 2. The van der Waals surface area contributed by atoms with Crippen LogP contribution in [0.15, 0.2) is 60.8 Å². The molecule has 2 heterocycles. The molecule has 30 heavy (non-hydrogen) atoms. The molecule has 0 radical (unpaired) electrons. The smallest absolute Gasteiger partial charge is 0.231 e. The fourth-order valence-electron chi connectivity index (χ4n) is 3.98. The van der Waals surface area contributed by atoms with Crippen LogP contribution in [0, 0.1) is 0 Å². The lowest BCUT2D eigenvalue weighted by molar-refractivity contribution is -0.120.